The predicted molar refractivity (Wildman–Crippen MR) is 78.9 cm³/mol. The van der Waals surface area contributed by atoms with E-state index in [0.29, 0.717) is 28.9 Å². The fraction of sp³-hybridized carbons (Fsp3) is 0.333. The number of nitrogens with zero attached hydrogens (tertiary/aromatic N) is 1. The van der Waals surface area contributed by atoms with Crippen LogP contribution >= 0.6 is 12.2 Å². The van der Waals surface area contributed by atoms with Crippen molar-refractivity contribution >= 4 is 39.0 Å². The Bertz CT molecular complexity index is 818. The first-order valence-electron chi connectivity index (χ1n) is 5.96. The molecule has 0 radical (unpaired) electrons. The highest BCUT2D eigenvalue weighted by Gasteiger charge is 2.15. The smallest absolute Gasteiger partial charge is 0.216 e. The average Bonchev–Trinajstić information content (AvgIpc) is 2.64. The molecule has 1 heterocycles. The number of benzene rings is 1. The lowest BCUT2D eigenvalue weighted by atomic mass is 10.3. The van der Waals surface area contributed by atoms with Gasteiger partial charge >= 0.3 is 0 Å². The second-order valence-corrected chi connectivity index (χ2v) is 6.86. The molecule has 2 aromatic rings. The molecule has 108 valence electrons. The molecule has 20 heavy (non-hydrogen) atoms. The topological polar surface area (TPSA) is 84.0 Å². The molecule has 0 spiro atoms. The fourth-order valence-electron chi connectivity index (χ4n) is 2.03. The third kappa shape index (κ3) is 2.91. The maximum atomic E-state index is 11.8. The van der Waals surface area contributed by atoms with Crippen LogP contribution in [0.2, 0.25) is 0 Å². The third-order valence-electron chi connectivity index (χ3n) is 2.88. The second kappa shape index (κ2) is 5.37. The minimum Gasteiger partial charge on any atom is -0.355 e. The van der Waals surface area contributed by atoms with E-state index in [4.69, 9.17) is 12.2 Å². The minimum atomic E-state index is -3.33. The number of carbonyl (C=O) groups excluding carboxylic acids is 1. The van der Waals surface area contributed by atoms with Gasteiger partial charge < -0.3 is 14.9 Å². The largest absolute Gasteiger partial charge is 0.355 e. The van der Waals surface area contributed by atoms with Crippen molar-refractivity contribution in [1.82, 2.24) is 14.9 Å². The van der Waals surface area contributed by atoms with Crippen molar-refractivity contribution < 1.29 is 13.2 Å². The number of amides is 1. The SMILES string of the molecule is CC(=O)NCCn1c(=S)[nH]c2c(S(C)(=O)=O)cccc21. The number of imidazole rings is 1. The zero-order valence-corrected chi connectivity index (χ0v) is 12.8. The Kier molecular flexibility index (Phi) is 3.96. The molecule has 8 heteroatoms. The standard InChI is InChI=1S/C12H15N3O3S2/c1-8(16)13-6-7-15-9-4-3-5-10(20(2,17)18)11(9)14-12(15)19/h3-5H,6-7H2,1-2H3,(H,13,16)(H,14,19). The van der Waals surface area contributed by atoms with Crippen LogP contribution in [0.4, 0.5) is 0 Å². The van der Waals surface area contributed by atoms with E-state index in [2.05, 4.69) is 10.3 Å². The molecule has 0 aliphatic heterocycles. The zero-order chi connectivity index (χ0) is 14.9. The summed E-state index contributed by atoms with van der Waals surface area (Å²) in [5, 5.41) is 2.68. The van der Waals surface area contributed by atoms with Crippen molar-refractivity contribution in [2.75, 3.05) is 12.8 Å². The Morgan fingerprint density at radius 3 is 2.75 bits per heavy atom. The molecule has 6 nitrogen and oxygen atoms in total. The molecule has 0 atom stereocenters. The highest BCUT2D eigenvalue weighted by atomic mass is 32.2. The van der Waals surface area contributed by atoms with E-state index in [9.17, 15) is 13.2 Å². The van der Waals surface area contributed by atoms with Crippen LogP contribution in [-0.2, 0) is 21.2 Å². The first-order valence-corrected chi connectivity index (χ1v) is 8.26. The van der Waals surface area contributed by atoms with Crippen LogP contribution in [0.25, 0.3) is 11.0 Å². The lowest BCUT2D eigenvalue weighted by Crippen LogP contribution is -2.24. The molecule has 1 aromatic heterocycles. The van der Waals surface area contributed by atoms with Crippen LogP contribution in [0.5, 0.6) is 0 Å². The number of rotatable bonds is 4. The van der Waals surface area contributed by atoms with Gasteiger partial charge in [-0.2, -0.15) is 0 Å². The van der Waals surface area contributed by atoms with Gasteiger partial charge in [-0.15, -0.1) is 0 Å². The van der Waals surface area contributed by atoms with Crippen LogP contribution in [0.15, 0.2) is 23.1 Å². The van der Waals surface area contributed by atoms with Gasteiger partial charge in [-0.3, -0.25) is 4.79 Å². The second-order valence-electron chi connectivity index (χ2n) is 4.49. The van der Waals surface area contributed by atoms with E-state index in [-0.39, 0.29) is 10.8 Å². The van der Waals surface area contributed by atoms with E-state index in [0.717, 1.165) is 6.26 Å². The normalized spacial score (nSPS) is 11.7. The molecule has 0 saturated heterocycles. The maximum Gasteiger partial charge on any atom is 0.216 e. The number of hydrogen-bond acceptors (Lipinski definition) is 4. The van der Waals surface area contributed by atoms with E-state index in [1.165, 1.54) is 6.92 Å². The summed E-state index contributed by atoms with van der Waals surface area (Å²) in [6.45, 7) is 2.35. The van der Waals surface area contributed by atoms with Crippen LogP contribution in [0, 0.1) is 4.77 Å². The molecule has 0 unspecified atom stereocenters. The Balaban J connectivity index is 2.50. The van der Waals surface area contributed by atoms with Gasteiger partial charge in [-0.1, -0.05) is 6.07 Å². The molecule has 1 amide bonds. The Morgan fingerprint density at radius 2 is 2.15 bits per heavy atom. The zero-order valence-electron chi connectivity index (χ0n) is 11.1. The van der Waals surface area contributed by atoms with Crippen molar-refractivity contribution in [3.63, 3.8) is 0 Å². The number of para-hydroxylation sites is 1. The summed E-state index contributed by atoms with van der Waals surface area (Å²) in [4.78, 5) is 14.0. The Morgan fingerprint density at radius 1 is 1.45 bits per heavy atom. The van der Waals surface area contributed by atoms with Gasteiger partial charge in [-0.05, 0) is 24.4 Å². The van der Waals surface area contributed by atoms with Crippen molar-refractivity contribution in [2.24, 2.45) is 0 Å². The van der Waals surface area contributed by atoms with Crippen molar-refractivity contribution in [2.45, 2.75) is 18.4 Å². The highest BCUT2D eigenvalue weighted by Crippen LogP contribution is 2.22. The fourth-order valence-corrected chi connectivity index (χ4v) is 3.17. The summed E-state index contributed by atoms with van der Waals surface area (Å²) in [6.07, 6.45) is 1.16. The predicted octanol–water partition coefficient (Wildman–Crippen LogP) is 1.24. The Hall–Kier alpha value is -1.67. The third-order valence-corrected chi connectivity index (χ3v) is 4.34. The lowest BCUT2D eigenvalue weighted by Gasteiger charge is -2.06. The quantitative estimate of drug-likeness (QED) is 0.832. The minimum absolute atomic E-state index is 0.117. The highest BCUT2D eigenvalue weighted by molar-refractivity contribution is 7.91. The molecular formula is C12H15N3O3S2. The van der Waals surface area contributed by atoms with Crippen LogP contribution in [0.1, 0.15) is 6.92 Å². The average molecular weight is 313 g/mol. The molecule has 0 saturated carbocycles. The number of aromatic nitrogens is 2. The number of H-pyrrole nitrogens is 1. The number of aromatic amines is 1. The number of nitrogens with one attached hydrogen (secondary N) is 2. The van der Waals surface area contributed by atoms with E-state index in [1.807, 2.05) is 0 Å². The molecule has 0 bridgehead atoms. The van der Waals surface area contributed by atoms with Gasteiger partial charge in [0.05, 0.1) is 15.9 Å². The van der Waals surface area contributed by atoms with Crippen molar-refractivity contribution in [3.8, 4) is 0 Å². The number of hydrogen-bond donors (Lipinski definition) is 2. The summed E-state index contributed by atoms with van der Waals surface area (Å²) in [6, 6.07) is 5.02. The first kappa shape index (κ1) is 14.7. The summed E-state index contributed by atoms with van der Waals surface area (Å²) in [7, 11) is -3.33. The van der Waals surface area contributed by atoms with Gasteiger partial charge in [0.2, 0.25) is 5.91 Å². The number of fused-ring (bicyclic) bond motifs is 1. The molecule has 0 aliphatic carbocycles. The Labute approximate surface area is 121 Å². The monoisotopic (exact) mass is 313 g/mol. The van der Waals surface area contributed by atoms with Crippen LogP contribution in [-0.4, -0.2) is 36.7 Å². The van der Waals surface area contributed by atoms with Crippen LogP contribution < -0.4 is 5.32 Å². The lowest BCUT2D eigenvalue weighted by molar-refractivity contribution is -0.118. The van der Waals surface area contributed by atoms with Gasteiger partial charge in [0.1, 0.15) is 0 Å². The van der Waals surface area contributed by atoms with E-state index >= 15 is 0 Å². The van der Waals surface area contributed by atoms with Crippen LogP contribution in [0.3, 0.4) is 0 Å². The number of carbonyl (C=O) groups is 1. The number of sulfone groups is 1. The maximum absolute atomic E-state index is 11.8. The summed E-state index contributed by atoms with van der Waals surface area (Å²) < 4.78 is 25.7. The van der Waals surface area contributed by atoms with Gasteiger partial charge in [0, 0.05) is 26.3 Å². The van der Waals surface area contributed by atoms with E-state index in [1.54, 1.807) is 22.8 Å². The van der Waals surface area contributed by atoms with Crippen molar-refractivity contribution in [1.29, 1.82) is 0 Å². The molecule has 0 aliphatic rings. The van der Waals surface area contributed by atoms with Gasteiger partial charge in [0.25, 0.3) is 0 Å². The first-order chi connectivity index (χ1) is 9.30. The van der Waals surface area contributed by atoms with Gasteiger partial charge in [0.15, 0.2) is 14.6 Å². The van der Waals surface area contributed by atoms with Gasteiger partial charge in [-0.25, -0.2) is 8.42 Å². The summed E-state index contributed by atoms with van der Waals surface area (Å²) >= 11 is 5.21. The molecule has 1 aromatic carbocycles. The van der Waals surface area contributed by atoms with Crippen molar-refractivity contribution in [3.05, 3.63) is 23.0 Å². The van der Waals surface area contributed by atoms with E-state index < -0.39 is 9.84 Å². The molecular weight excluding hydrogens is 298 g/mol. The molecule has 2 rings (SSSR count). The summed E-state index contributed by atoms with van der Waals surface area (Å²) in [5.41, 5.74) is 1.21. The summed E-state index contributed by atoms with van der Waals surface area (Å²) in [5.74, 6) is -0.117. The molecule has 0 fully saturated rings. The molecule has 2 N–H and O–H groups in total.